The highest BCUT2D eigenvalue weighted by Gasteiger charge is 2.51. The van der Waals surface area contributed by atoms with Crippen LogP contribution < -0.4 is 10.6 Å². The zero-order valence-electron chi connectivity index (χ0n) is 18.3. The molecule has 2 aromatic rings. The molecule has 4 nitrogen and oxygen atoms in total. The molecular weight excluding hydrogens is 403 g/mol. The number of alkyl halides is 3. The highest BCUT2D eigenvalue weighted by atomic mass is 19.4. The molecule has 168 valence electrons. The second-order valence-corrected chi connectivity index (χ2v) is 10.1. The molecule has 0 aliphatic carbocycles. The maximum Gasteiger partial charge on any atom is 0.416 e. The molecule has 2 aliphatic heterocycles. The quantitative estimate of drug-likeness (QED) is 0.612. The van der Waals surface area contributed by atoms with Crippen molar-refractivity contribution in [3.05, 3.63) is 47.5 Å². The number of para-hydroxylation sites is 2. The summed E-state index contributed by atoms with van der Waals surface area (Å²) < 4.78 is 42.3. The summed E-state index contributed by atoms with van der Waals surface area (Å²) in [6.07, 6.45) is -3.29. The lowest BCUT2D eigenvalue weighted by atomic mass is 9.72. The van der Waals surface area contributed by atoms with Gasteiger partial charge in [-0.25, -0.2) is 0 Å². The van der Waals surface area contributed by atoms with Crippen molar-refractivity contribution in [3.8, 4) is 5.75 Å². The Morgan fingerprint density at radius 1 is 1.03 bits per heavy atom. The largest absolute Gasteiger partial charge is 0.506 e. The van der Waals surface area contributed by atoms with Crippen LogP contribution in [0.1, 0.15) is 44.7 Å². The number of nitrogens with zero attached hydrogens (tertiary/aromatic N) is 2. The number of anilines is 3. The summed E-state index contributed by atoms with van der Waals surface area (Å²) >= 11 is 0. The maximum absolute atomic E-state index is 14.1. The third-order valence-corrected chi connectivity index (χ3v) is 6.46. The van der Waals surface area contributed by atoms with Crippen LogP contribution >= 0.6 is 0 Å². The first-order valence-corrected chi connectivity index (χ1v) is 10.7. The van der Waals surface area contributed by atoms with Crippen molar-refractivity contribution < 1.29 is 18.3 Å². The van der Waals surface area contributed by atoms with E-state index in [-0.39, 0.29) is 22.4 Å². The predicted octanol–water partition coefficient (Wildman–Crippen LogP) is 5.52. The molecular formula is C24H30F3N3O. The van der Waals surface area contributed by atoms with Crippen LogP contribution in [0.4, 0.5) is 30.2 Å². The smallest absolute Gasteiger partial charge is 0.416 e. The summed E-state index contributed by atoms with van der Waals surface area (Å²) in [5, 5.41) is 10.7. The fourth-order valence-corrected chi connectivity index (χ4v) is 5.24. The van der Waals surface area contributed by atoms with Gasteiger partial charge in [0.25, 0.3) is 0 Å². The molecule has 2 aromatic carbocycles. The maximum atomic E-state index is 14.1. The number of hydrogen-bond donors (Lipinski definition) is 2. The lowest BCUT2D eigenvalue weighted by Gasteiger charge is -2.42. The molecule has 0 bridgehead atoms. The average Bonchev–Trinajstić information content (AvgIpc) is 2.98. The second kappa shape index (κ2) is 7.33. The fourth-order valence-electron chi connectivity index (χ4n) is 5.24. The number of rotatable bonds is 2. The highest BCUT2D eigenvalue weighted by Crippen LogP contribution is 2.57. The zero-order valence-corrected chi connectivity index (χ0v) is 18.3. The van der Waals surface area contributed by atoms with E-state index in [0.717, 1.165) is 31.8 Å². The van der Waals surface area contributed by atoms with Crippen LogP contribution in [0, 0.1) is 5.41 Å². The van der Waals surface area contributed by atoms with E-state index in [1.165, 1.54) is 0 Å². The van der Waals surface area contributed by atoms with Crippen molar-refractivity contribution in [2.45, 2.75) is 45.2 Å². The summed E-state index contributed by atoms with van der Waals surface area (Å²) in [6, 6.07) is 9.31. The van der Waals surface area contributed by atoms with Crippen molar-refractivity contribution in [2.24, 2.45) is 5.41 Å². The number of benzene rings is 2. The van der Waals surface area contributed by atoms with Gasteiger partial charge in [0.1, 0.15) is 5.75 Å². The van der Waals surface area contributed by atoms with Crippen LogP contribution in [-0.4, -0.2) is 36.2 Å². The number of nitrogens with two attached hydrogens (primary N) is 1. The highest BCUT2D eigenvalue weighted by molar-refractivity contribution is 5.84. The average molecular weight is 434 g/mol. The van der Waals surface area contributed by atoms with Crippen LogP contribution in [-0.2, 0) is 11.6 Å². The van der Waals surface area contributed by atoms with E-state index in [1.54, 1.807) is 23.1 Å². The van der Waals surface area contributed by atoms with Gasteiger partial charge in [-0.2, -0.15) is 13.2 Å². The van der Waals surface area contributed by atoms with Crippen LogP contribution in [0.2, 0.25) is 0 Å². The van der Waals surface area contributed by atoms with Crippen molar-refractivity contribution in [3.63, 3.8) is 0 Å². The van der Waals surface area contributed by atoms with Crippen molar-refractivity contribution in [1.82, 2.24) is 4.90 Å². The number of halogens is 3. The molecule has 0 amide bonds. The van der Waals surface area contributed by atoms with Crippen LogP contribution in [0.5, 0.6) is 5.75 Å². The molecule has 7 heteroatoms. The summed E-state index contributed by atoms with van der Waals surface area (Å²) in [6.45, 7) is 9.23. The molecule has 0 unspecified atom stereocenters. The molecule has 0 aromatic heterocycles. The first kappa shape index (κ1) is 21.8. The van der Waals surface area contributed by atoms with Gasteiger partial charge in [0.05, 0.1) is 22.6 Å². The summed E-state index contributed by atoms with van der Waals surface area (Å²) in [7, 11) is 0. The van der Waals surface area contributed by atoms with E-state index < -0.39 is 17.2 Å². The minimum atomic E-state index is -4.49. The molecule has 0 saturated carbocycles. The zero-order chi connectivity index (χ0) is 22.6. The lowest BCUT2D eigenvalue weighted by molar-refractivity contribution is -0.138. The van der Waals surface area contributed by atoms with Gasteiger partial charge in [-0.05, 0) is 61.2 Å². The molecule has 2 heterocycles. The Morgan fingerprint density at radius 2 is 1.68 bits per heavy atom. The van der Waals surface area contributed by atoms with Gasteiger partial charge in [-0.15, -0.1) is 0 Å². The van der Waals surface area contributed by atoms with Gasteiger partial charge in [-0.3, -0.25) is 0 Å². The Labute approximate surface area is 181 Å². The number of nitrogen functional groups attached to an aromatic ring is 1. The van der Waals surface area contributed by atoms with Crippen molar-refractivity contribution in [1.29, 1.82) is 0 Å². The van der Waals surface area contributed by atoms with Crippen LogP contribution in [0.3, 0.4) is 0 Å². The number of phenolic OH excluding ortho intramolecular Hbond substituents is 1. The summed E-state index contributed by atoms with van der Waals surface area (Å²) in [4.78, 5) is 4.12. The van der Waals surface area contributed by atoms with Gasteiger partial charge in [0.15, 0.2) is 0 Å². The number of aromatic hydroxyl groups is 1. The van der Waals surface area contributed by atoms with E-state index >= 15 is 0 Å². The molecule has 1 fully saturated rings. The Kier molecular flexibility index (Phi) is 5.16. The van der Waals surface area contributed by atoms with E-state index in [9.17, 15) is 18.3 Å². The van der Waals surface area contributed by atoms with Gasteiger partial charge in [0, 0.05) is 18.5 Å². The van der Waals surface area contributed by atoms with Gasteiger partial charge in [-0.1, -0.05) is 32.9 Å². The Hall–Kier alpha value is -2.41. The predicted molar refractivity (Wildman–Crippen MR) is 118 cm³/mol. The molecule has 2 aliphatic rings. The minimum Gasteiger partial charge on any atom is -0.506 e. The van der Waals surface area contributed by atoms with Gasteiger partial charge < -0.3 is 20.6 Å². The number of hydrogen-bond acceptors (Lipinski definition) is 4. The van der Waals surface area contributed by atoms with Crippen molar-refractivity contribution in [2.75, 3.05) is 36.8 Å². The standard InChI is InChI=1S/C24H30F3N3O/c1-22(2,3)14-29-12-10-23(11-13-29)15-30(18-7-5-4-6-17(18)28)21-19(31)9-8-16(20(21)23)24(25,26)27/h4-9,31H,10-15,28H2,1-3H3. The monoisotopic (exact) mass is 433 g/mol. The normalized spacial score (nSPS) is 19.1. The molecule has 1 spiro atoms. The first-order valence-electron chi connectivity index (χ1n) is 10.7. The molecule has 1 saturated heterocycles. The third-order valence-electron chi connectivity index (χ3n) is 6.46. The number of fused-ring (bicyclic) bond motifs is 2. The molecule has 4 rings (SSSR count). The summed E-state index contributed by atoms with van der Waals surface area (Å²) in [5.41, 5.74) is 6.55. The number of piperidine rings is 1. The molecule has 3 N–H and O–H groups in total. The minimum absolute atomic E-state index is 0.123. The molecule has 0 radical (unpaired) electrons. The van der Waals surface area contributed by atoms with Crippen LogP contribution in [0.25, 0.3) is 0 Å². The van der Waals surface area contributed by atoms with E-state index in [0.29, 0.717) is 30.8 Å². The van der Waals surface area contributed by atoms with Gasteiger partial charge in [0.2, 0.25) is 0 Å². The Bertz CT molecular complexity index is 973. The molecule has 0 atom stereocenters. The molecule has 31 heavy (non-hydrogen) atoms. The summed E-state index contributed by atoms with van der Waals surface area (Å²) in [5.74, 6) is -0.139. The lowest BCUT2D eigenvalue weighted by Crippen LogP contribution is -2.47. The number of likely N-dealkylation sites (tertiary alicyclic amines) is 1. The van der Waals surface area contributed by atoms with Gasteiger partial charge >= 0.3 is 6.18 Å². The Balaban J connectivity index is 1.82. The van der Waals surface area contributed by atoms with E-state index in [4.69, 9.17) is 5.73 Å². The fraction of sp³-hybridized carbons (Fsp3) is 0.500. The Morgan fingerprint density at radius 3 is 2.26 bits per heavy atom. The SMILES string of the molecule is CC(C)(C)CN1CCC2(CC1)CN(c1ccccc1N)c1c(O)ccc(C(F)(F)F)c12. The third kappa shape index (κ3) is 3.95. The number of phenols is 1. The topological polar surface area (TPSA) is 52.7 Å². The second-order valence-electron chi connectivity index (χ2n) is 10.1. The first-order chi connectivity index (χ1) is 14.4. The van der Waals surface area contributed by atoms with E-state index in [2.05, 4.69) is 25.7 Å². The van der Waals surface area contributed by atoms with E-state index in [1.807, 2.05) is 6.07 Å². The van der Waals surface area contributed by atoms with Crippen LogP contribution in [0.15, 0.2) is 36.4 Å². The van der Waals surface area contributed by atoms with Crippen molar-refractivity contribution >= 4 is 17.1 Å².